The molecular formula is C16H22N2O4. The van der Waals surface area contributed by atoms with Crippen LogP contribution in [0.25, 0.3) is 0 Å². The Morgan fingerprint density at radius 1 is 1.14 bits per heavy atom. The molecule has 0 saturated carbocycles. The first-order valence-corrected chi connectivity index (χ1v) is 7.40. The zero-order valence-corrected chi connectivity index (χ0v) is 13.0. The van der Waals surface area contributed by atoms with Crippen molar-refractivity contribution in [3.05, 3.63) is 29.8 Å². The van der Waals surface area contributed by atoms with E-state index in [0.29, 0.717) is 24.4 Å². The van der Waals surface area contributed by atoms with Crippen molar-refractivity contribution in [2.75, 3.05) is 18.5 Å². The quantitative estimate of drug-likeness (QED) is 0.720. The molecule has 0 aromatic heterocycles. The Hall–Kier alpha value is -2.37. The van der Waals surface area contributed by atoms with Crippen LogP contribution in [0.5, 0.6) is 0 Å². The zero-order valence-electron chi connectivity index (χ0n) is 13.0. The normalized spacial score (nSPS) is 9.91. The van der Waals surface area contributed by atoms with Crippen molar-refractivity contribution >= 4 is 23.5 Å². The number of anilines is 1. The zero-order chi connectivity index (χ0) is 16.4. The second-order valence-electron chi connectivity index (χ2n) is 4.69. The highest BCUT2D eigenvalue weighted by molar-refractivity contribution is 5.97. The van der Waals surface area contributed by atoms with Gasteiger partial charge in [-0.1, -0.05) is 13.0 Å². The molecule has 1 rings (SSSR count). The molecule has 0 aliphatic rings. The van der Waals surface area contributed by atoms with Crippen molar-refractivity contribution < 1.29 is 19.1 Å². The number of carbonyl (C=O) groups is 3. The van der Waals surface area contributed by atoms with Crippen LogP contribution in [0.3, 0.4) is 0 Å². The molecule has 0 atom stereocenters. The summed E-state index contributed by atoms with van der Waals surface area (Å²) in [5, 5.41) is 5.43. The van der Waals surface area contributed by atoms with Gasteiger partial charge >= 0.3 is 5.97 Å². The fraction of sp³-hybridized carbons (Fsp3) is 0.438. The lowest BCUT2D eigenvalue weighted by atomic mass is 10.2. The Kier molecular flexibility index (Phi) is 7.67. The van der Waals surface area contributed by atoms with E-state index in [4.69, 9.17) is 4.74 Å². The Labute approximate surface area is 130 Å². The number of amides is 2. The fourth-order valence-corrected chi connectivity index (χ4v) is 1.75. The van der Waals surface area contributed by atoms with Gasteiger partial charge in [0, 0.05) is 24.2 Å². The molecule has 0 unspecified atom stereocenters. The van der Waals surface area contributed by atoms with E-state index in [1.165, 1.54) is 0 Å². The van der Waals surface area contributed by atoms with Gasteiger partial charge in [0.05, 0.1) is 13.0 Å². The molecule has 0 aliphatic heterocycles. The third kappa shape index (κ3) is 6.39. The lowest BCUT2D eigenvalue weighted by Crippen LogP contribution is -2.24. The first-order valence-electron chi connectivity index (χ1n) is 7.40. The van der Waals surface area contributed by atoms with E-state index in [-0.39, 0.29) is 24.7 Å². The Balaban J connectivity index is 2.53. The van der Waals surface area contributed by atoms with Crippen LogP contribution in [-0.4, -0.2) is 30.9 Å². The first-order chi connectivity index (χ1) is 10.6. The Bertz CT molecular complexity index is 529. The lowest BCUT2D eigenvalue weighted by Gasteiger charge is -2.08. The minimum Gasteiger partial charge on any atom is -0.466 e. The third-order valence-corrected chi connectivity index (χ3v) is 2.81. The Morgan fingerprint density at radius 2 is 1.91 bits per heavy atom. The van der Waals surface area contributed by atoms with Crippen LogP contribution in [0.2, 0.25) is 0 Å². The highest BCUT2D eigenvalue weighted by Gasteiger charge is 2.09. The number of hydrogen-bond acceptors (Lipinski definition) is 4. The predicted molar refractivity (Wildman–Crippen MR) is 83.6 cm³/mol. The summed E-state index contributed by atoms with van der Waals surface area (Å²) in [6, 6.07) is 6.67. The molecule has 1 aromatic carbocycles. The average molecular weight is 306 g/mol. The summed E-state index contributed by atoms with van der Waals surface area (Å²) in [6.07, 6.45) is 0.942. The number of esters is 1. The SMILES string of the molecule is CCCNC(=O)c1cccc(NC(=O)CCC(=O)OCC)c1. The molecule has 0 heterocycles. The molecule has 0 saturated heterocycles. The molecule has 1 aromatic rings. The van der Waals surface area contributed by atoms with E-state index in [1.54, 1.807) is 31.2 Å². The van der Waals surface area contributed by atoms with Gasteiger partial charge in [0.25, 0.3) is 5.91 Å². The summed E-state index contributed by atoms with van der Waals surface area (Å²) < 4.78 is 4.76. The van der Waals surface area contributed by atoms with Gasteiger partial charge in [-0.05, 0) is 31.5 Å². The molecule has 120 valence electrons. The predicted octanol–water partition coefficient (Wildman–Crippen LogP) is 2.11. The van der Waals surface area contributed by atoms with Gasteiger partial charge in [0.15, 0.2) is 0 Å². The summed E-state index contributed by atoms with van der Waals surface area (Å²) in [7, 11) is 0. The van der Waals surface area contributed by atoms with Crippen LogP contribution in [0.15, 0.2) is 24.3 Å². The van der Waals surface area contributed by atoms with Crippen LogP contribution < -0.4 is 10.6 Å². The van der Waals surface area contributed by atoms with Crippen molar-refractivity contribution in [3.63, 3.8) is 0 Å². The molecule has 6 nitrogen and oxygen atoms in total. The number of benzene rings is 1. The van der Waals surface area contributed by atoms with Crippen molar-refractivity contribution in [2.45, 2.75) is 33.1 Å². The molecule has 0 spiro atoms. The largest absolute Gasteiger partial charge is 0.466 e. The highest BCUT2D eigenvalue weighted by Crippen LogP contribution is 2.11. The molecule has 2 amide bonds. The summed E-state index contributed by atoms with van der Waals surface area (Å²) in [5.74, 6) is -0.867. The molecule has 2 N–H and O–H groups in total. The van der Waals surface area contributed by atoms with Crippen molar-refractivity contribution in [1.29, 1.82) is 0 Å². The van der Waals surface area contributed by atoms with E-state index in [0.717, 1.165) is 6.42 Å². The Morgan fingerprint density at radius 3 is 2.59 bits per heavy atom. The monoisotopic (exact) mass is 306 g/mol. The smallest absolute Gasteiger partial charge is 0.306 e. The van der Waals surface area contributed by atoms with Crippen molar-refractivity contribution in [2.24, 2.45) is 0 Å². The fourth-order valence-electron chi connectivity index (χ4n) is 1.75. The molecule has 0 radical (unpaired) electrons. The summed E-state index contributed by atoms with van der Waals surface area (Å²) in [4.78, 5) is 34.8. The van der Waals surface area contributed by atoms with Crippen LogP contribution in [0.1, 0.15) is 43.5 Å². The highest BCUT2D eigenvalue weighted by atomic mass is 16.5. The average Bonchev–Trinajstić information content (AvgIpc) is 2.51. The van der Waals surface area contributed by atoms with Crippen molar-refractivity contribution in [1.82, 2.24) is 5.32 Å². The molecule has 0 fully saturated rings. The number of nitrogens with one attached hydrogen (secondary N) is 2. The molecule has 6 heteroatoms. The first kappa shape index (κ1) is 17.7. The standard InChI is InChI=1S/C16H22N2O4/c1-3-10-17-16(21)12-6-5-7-13(11-12)18-14(19)8-9-15(20)22-4-2/h5-7,11H,3-4,8-10H2,1-2H3,(H,17,21)(H,18,19). The minimum absolute atomic E-state index is 0.0380. The van der Waals surface area contributed by atoms with E-state index in [9.17, 15) is 14.4 Å². The topological polar surface area (TPSA) is 84.5 Å². The van der Waals surface area contributed by atoms with E-state index in [1.807, 2.05) is 6.92 Å². The van der Waals surface area contributed by atoms with Crippen LogP contribution in [0.4, 0.5) is 5.69 Å². The van der Waals surface area contributed by atoms with Crippen LogP contribution >= 0.6 is 0 Å². The summed E-state index contributed by atoms with van der Waals surface area (Å²) >= 11 is 0. The number of rotatable bonds is 8. The van der Waals surface area contributed by atoms with Gasteiger partial charge in [-0.3, -0.25) is 14.4 Å². The number of hydrogen-bond donors (Lipinski definition) is 2. The summed E-state index contributed by atoms with van der Waals surface area (Å²) in [6.45, 7) is 4.60. The van der Waals surface area contributed by atoms with Crippen LogP contribution in [0, 0.1) is 0 Å². The maximum Gasteiger partial charge on any atom is 0.306 e. The lowest BCUT2D eigenvalue weighted by molar-refractivity contribution is -0.144. The van der Waals surface area contributed by atoms with Gasteiger partial charge in [-0.25, -0.2) is 0 Å². The second-order valence-corrected chi connectivity index (χ2v) is 4.69. The second kappa shape index (κ2) is 9.55. The molecule has 22 heavy (non-hydrogen) atoms. The van der Waals surface area contributed by atoms with Crippen molar-refractivity contribution in [3.8, 4) is 0 Å². The van der Waals surface area contributed by atoms with E-state index in [2.05, 4.69) is 10.6 Å². The van der Waals surface area contributed by atoms with Gasteiger partial charge in [-0.2, -0.15) is 0 Å². The maximum absolute atomic E-state index is 11.8. The molecular weight excluding hydrogens is 284 g/mol. The third-order valence-electron chi connectivity index (χ3n) is 2.81. The van der Waals surface area contributed by atoms with Gasteiger partial charge in [0.1, 0.15) is 0 Å². The van der Waals surface area contributed by atoms with E-state index < -0.39 is 5.97 Å². The van der Waals surface area contributed by atoms with Gasteiger partial charge in [-0.15, -0.1) is 0 Å². The number of carbonyl (C=O) groups excluding carboxylic acids is 3. The minimum atomic E-state index is -0.398. The maximum atomic E-state index is 11.8. The van der Waals surface area contributed by atoms with Gasteiger partial charge < -0.3 is 15.4 Å². The molecule has 0 aliphatic carbocycles. The number of ether oxygens (including phenoxy) is 1. The van der Waals surface area contributed by atoms with Gasteiger partial charge in [0.2, 0.25) is 5.91 Å². The van der Waals surface area contributed by atoms with Crippen LogP contribution in [-0.2, 0) is 14.3 Å². The van der Waals surface area contributed by atoms with E-state index >= 15 is 0 Å². The molecule has 0 bridgehead atoms. The summed E-state index contributed by atoms with van der Waals surface area (Å²) in [5.41, 5.74) is 1.01.